The fraction of sp³-hybridized carbons (Fsp3) is 0.261. The fourth-order valence-electron chi connectivity index (χ4n) is 3.50. The largest absolute Gasteiger partial charge is 0.497 e. The van der Waals surface area contributed by atoms with Crippen LogP contribution in [0.4, 0.5) is 11.5 Å². The van der Waals surface area contributed by atoms with E-state index < -0.39 is 0 Å². The standard InChI is InChI=1S/C23H24N4O2/c1-29-19-13-11-18(12-14-19)25-23(28)20-15-21(24-17-9-5-6-10-17)27-22(26-20)16-7-3-2-4-8-16/h2-4,7-8,11-15,17H,5-6,9-10H2,1H3,(H,25,28)(H,24,26,27). The van der Waals surface area contributed by atoms with Crippen molar-refractivity contribution < 1.29 is 9.53 Å². The molecule has 0 bridgehead atoms. The first-order valence-corrected chi connectivity index (χ1v) is 9.88. The van der Waals surface area contributed by atoms with E-state index in [2.05, 4.69) is 20.6 Å². The highest BCUT2D eigenvalue weighted by molar-refractivity contribution is 6.03. The Balaban J connectivity index is 1.62. The molecule has 1 aliphatic rings. The van der Waals surface area contributed by atoms with Crippen molar-refractivity contribution in [3.8, 4) is 17.1 Å². The zero-order chi connectivity index (χ0) is 20.1. The van der Waals surface area contributed by atoms with Crippen LogP contribution in [0.15, 0.2) is 60.7 Å². The molecule has 4 rings (SSSR count). The van der Waals surface area contributed by atoms with Crippen LogP contribution in [0, 0.1) is 0 Å². The molecule has 1 saturated carbocycles. The van der Waals surface area contributed by atoms with Gasteiger partial charge < -0.3 is 15.4 Å². The Morgan fingerprint density at radius 1 is 1.00 bits per heavy atom. The third kappa shape index (κ3) is 4.71. The van der Waals surface area contributed by atoms with Gasteiger partial charge in [-0.3, -0.25) is 4.79 Å². The van der Waals surface area contributed by atoms with Gasteiger partial charge in [-0.2, -0.15) is 0 Å². The molecule has 1 heterocycles. The highest BCUT2D eigenvalue weighted by Crippen LogP contribution is 2.24. The van der Waals surface area contributed by atoms with Gasteiger partial charge in [0.25, 0.3) is 5.91 Å². The molecule has 1 amide bonds. The number of carbonyl (C=O) groups excluding carboxylic acids is 1. The predicted molar refractivity (Wildman–Crippen MR) is 114 cm³/mol. The van der Waals surface area contributed by atoms with Crippen molar-refractivity contribution >= 4 is 17.4 Å². The summed E-state index contributed by atoms with van der Waals surface area (Å²) in [6, 6.07) is 19.0. The predicted octanol–water partition coefficient (Wildman–Crippen LogP) is 4.76. The molecule has 3 aromatic rings. The van der Waals surface area contributed by atoms with Crippen molar-refractivity contribution in [1.29, 1.82) is 0 Å². The molecule has 1 aliphatic carbocycles. The molecular weight excluding hydrogens is 364 g/mol. The lowest BCUT2D eigenvalue weighted by atomic mass is 10.2. The van der Waals surface area contributed by atoms with Gasteiger partial charge in [0.2, 0.25) is 0 Å². The zero-order valence-corrected chi connectivity index (χ0v) is 16.4. The van der Waals surface area contributed by atoms with Crippen LogP contribution in [-0.4, -0.2) is 29.0 Å². The molecule has 6 heteroatoms. The number of hydrogen-bond donors (Lipinski definition) is 2. The number of methoxy groups -OCH3 is 1. The van der Waals surface area contributed by atoms with Gasteiger partial charge in [-0.15, -0.1) is 0 Å². The van der Waals surface area contributed by atoms with Crippen molar-refractivity contribution in [1.82, 2.24) is 9.97 Å². The van der Waals surface area contributed by atoms with Gasteiger partial charge in [-0.05, 0) is 37.1 Å². The van der Waals surface area contributed by atoms with Crippen molar-refractivity contribution in [3.05, 3.63) is 66.4 Å². The van der Waals surface area contributed by atoms with Gasteiger partial charge >= 0.3 is 0 Å². The molecule has 2 N–H and O–H groups in total. The van der Waals surface area contributed by atoms with Crippen LogP contribution < -0.4 is 15.4 Å². The van der Waals surface area contributed by atoms with E-state index in [4.69, 9.17) is 4.74 Å². The van der Waals surface area contributed by atoms with E-state index in [-0.39, 0.29) is 5.91 Å². The average molecular weight is 388 g/mol. The summed E-state index contributed by atoms with van der Waals surface area (Å²) in [5.74, 6) is 1.68. The molecular formula is C23H24N4O2. The van der Waals surface area contributed by atoms with Crippen LogP contribution in [0.5, 0.6) is 5.75 Å². The van der Waals surface area contributed by atoms with Gasteiger partial charge in [0.05, 0.1) is 7.11 Å². The number of amides is 1. The highest BCUT2D eigenvalue weighted by Gasteiger charge is 2.18. The van der Waals surface area contributed by atoms with Crippen LogP contribution in [-0.2, 0) is 0 Å². The van der Waals surface area contributed by atoms with E-state index in [1.165, 1.54) is 12.8 Å². The van der Waals surface area contributed by atoms with Crippen LogP contribution >= 0.6 is 0 Å². The molecule has 1 aromatic heterocycles. The first kappa shape index (κ1) is 18.9. The Morgan fingerprint density at radius 2 is 1.72 bits per heavy atom. The summed E-state index contributed by atoms with van der Waals surface area (Å²) in [7, 11) is 1.61. The summed E-state index contributed by atoms with van der Waals surface area (Å²) >= 11 is 0. The number of hydrogen-bond acceptors (Lipinski definition) is 5. The van der Waals surface area contributed by atoms with Crippen molar-refractivity contribution in [2.24, 2.45) is 0 Å². The van der Waals surface area contributed by atoms with Crippen LogP contribution in [0.25, 0.3) is 11.4 Å². The first-order chi connectivity index (χ1) is 14.2. The highest BCUT2D eigenvalue weighted by atomic mass is 16.5. The van der Waals surface area contributed by atoms with Crippen molar-refractivity contribution in [2.45, 2.75) is 31.7 Å². The summed E-state index contributed by atoms with van der Waals surface area (Å²) in [6.45, 7) is 0. The lowest BCUT2D eigenvalue weighted by Gasteiger charge is -2.15. The lowest BCUT2D eigenvalue weighted by Crippen LogP contribution is -2.19. The second kappa shape index (κ2) is 8.73. The maximum atomic E-state index is 12.9. The van der Waals surface area contributed by atoms with E-state index >= 15 is 0 Å². The van der Waals surface area contributed by atoms with Crippen LogP contribution in [0.1, 0.15) is 36.2 Å². The monoisotopic (exact) mass is 388 g/mol. The summed E-state index contributed by atoms with van der Waals surface area (Å²) in [4.78, 5) is 22.1. The van der Waals surface area contributed by atoms with Crippen LogP contribution in [0.3, 0.4) is 0 Å². The zero-order valence-electron chi connectivity index (χ0n) is 16.4. The smallest absolute Gasteiger partial charge is 0.274 e. The van der Waals surface area contributed by atoms with E-state index in [9.17, 15) is 4.79 Å². The Bertz CT molecular complexity index is 968. The lowest BCUT2D eigenvalue weighted by molar-refractivity contribution is 0.102. The van der Waals surface area contributed by atoms with Gasteiger partial charge in [0, 0.05) is 23.4 Å². The summed E-state index contributed by atoms with van der Waals surface area (Å²) < 4.78 is 5.16. The Kier molecular flexibility index (Phi) is 5.70. The second-order valence-electron chi connectivity index (χ2n) is 7.14. The molecule has 1 fully saturated rings. The van der Waals surface area contributed by atoms with E-state index in [0.717, 1.165) is 24.2 Å². The molecule has 0 aliphatic heterocycles. The fourth-order valence-corrected chi connectivity index (χ4v) is 3.50. The molecule has 0 saturated heterocycles. The molecule has 6 nitrogen and oxygen atoms in total. The topological polar surface area (TPSA) is 76.1 Å². The first-order valence-electron chi connectivity index (χ1n) is 9.88. The number of anilines is 2. The number of ether oxygens (including phenoxy) is 1. The second-order valence-corrected chi connectivity index (χ2v) is 7.14. The Hall–Kier alpha value is -3.41. The molecule has 0 atom stereocenters. The van der Waals surface area contributed by atoms with Gasteiger partial charge in [-0.25, -0.2) is 9.97 Å². The van der Waals surface area contributed by atoms with E-state index in [1.807, 2.05) is 30.3 Å². The maximum Gasteiger partial charge on any atom is 0.274 e. The minimum atomic E-state index is -0.274. The van der Waals surface area contributed by atoms with Crippen molar-refractivity contribution in [2.75, 3.05) is 17.7 Å². The Labute approximate surface area is 170 Å². The van der Waals surface area contributed by atoms with Gasteiger partial charge in [-0.1, -0.05) is 43.2 Å². The maximum absolute atomic E-state index is 12.9. The minimum Gasteiger partial charge on any atom is -0.497 e. The summed E-state index contributed by atoms with van der Waals surface area (Å²) in [6.07, 6.45) is 4.69. The molecule has 29 heavy (non-hydrogen) atoms. The number of nitrogens with zero attached hydrogens (tertiary/aromatic N) is 2. The third-order valence-corrected chi connectivity index (χ3v) is 5.05. The molecule has 0 spiro atoms. The van der Waals surface area contributed by atoms with Gasteiger partial charge in [0.15, 0.2) is 5.82 Å². The molecule has 0 unspecified atom stereocenters. The third-order valence-electron chi connectivity index (χ3n) is 5.05. The number of nitrogens with one attached hydrogen (secondary N) is 2. The number of aromatic nitrogens is 2. The minimum absolute atomic E-state index is 0.274. The summed E-state index contributed by atoms with van der Waals surface area (Å²) in [5, 5.41) is 6.37. The Morgan fingerprint density at radius 3 is 2.41 bits per heavy atom. The molecule has 2 aromatic carbocycles. The SMILES string of the molecule is COc1ccc(NC(=O)c2cc(NC3CCCC3)nc(-c3ccccc3)n2)cc1. The van der Waals surface area contributed by atoms with E-state index in [0.29, 0.717) is 29.1 Å². The molecule has 148 valence electrons. The van der Waals surface area contributed by atoms with E-state index in [1.54, 1.807) is 37.4 Å². The number of carbonyl (C=O) groups is 1. The van der Waals surface area contributed by atoms with Gasteiger partial charge in [0.1, 0.15) is 17.3 Å². The average Bonchev–Trinajstić information content (AvgIpc) is 3.27. The summed E-state index contributed by atoms with van der Waals surface area (Å²) in [5.41, 5.74) is 1.89. The normalized spacial score (nSPS) is 13.8. The number of benzene rings is 2. The van der Waals surface area contributed by atoms with Crippen LogP contribution in [0.2, 0.25) is 0 Å². The van der Waals surface area contributed by atoms with Crippen molar-refractivity contribution in [3.63, 3.8) is 0 Å². The quantitative estimate of drug-likeness (QED) is 0.637. The number of rotatable bonds is 6. The molecule has 0 radical (unpaired) electrons.